The van der Waals surface area contributed by atoms with Crippen molar-refractivity contribution in [1.82, 2.24) is 9.97 Å². The number of aromatic amines is 1. The summed E-state index contributed by atoms with van der Waals surface area (Å²) in [5.41, 5.74) is 4.95. The van der Waals surface area contributed by atoms with Crippen molar-refractivity contribution in [3.05, 3.63) is 53.1 Å². The fourth-order valence-corrected chi connectivity index (χ4v) is 2.94. The number of benzene rings is 2. The number of imidazole rings is 1. The van der Waals surface area contributed by atoms with Crippen LogP contribution in [-0.2, 0) is 0 Å². The Kier molecular flexibility index (Phi) is 3.21. The summed E-state index contributed by atoms with van der Waals surface area (Å²) in [6, 6.07) is 14.2. The molecule has 0 unspecified atom stereocenters. The quantitative estimate of drug-likeness (QED) is 0.764. The summed E-state index contributed by atoms with van der Waals surface area (Å²) in [7, 11) is 0. The smallest absolute Gasteiger partial charge is 0.171 e. The van der Waals surface area contributed by atoms with E-state index < -0.39 is 0 Å². The van der Waals surface area contributed by atoms with E-state index in [0.29, 0.717) is 5.56 Å². The summed E-state index contributed by atoms with van der Waals surface area (Å²) >= 11 is 1.49. The number of nitrogens with zero attached hydrogens (tertiary/aromatic N) is 2. The molecule has 1 N–H and O–H groups in total. The monoisotopic (exact) mass is 279 g/mol. The Hall–Kier alpha value is -2.25. The van der Waals surface area contributed by atoms with Crippen LogP contribution in [-0.4, -0.2) is 9.97 Å². The average molecular weight is 279 g/mol. The minimum atomic E-state index is 0.687. The van der Waals surface area contributed by atoms with Crippen LogP contribution in [0.2, 0.25) is 0 Å². The Balaban J connectivity index is 1.99. The number of rotatable bonds is 2. The van der Waals surface area contributed by atoms with Crippen LogP contribution in [0.4, 0.5) is 0 Å². The second-order valence-corrected chi connectivity index (χ2v) is 5.81. The zero-order valence-electron chi connectivity index (χ0n) is 11.3. The van der Waals surface area contributed by atoms with Crippen LogP contribution >= 0.6 is 11.8 Å². The SMILES string of the molecule is Cc1ccc(Sc2nc3ccc(C)cc3[nH]2)c(C#N)c1. The second-order valence-electron chi connectivity index (χ2n) is 4.78. The van der Waals surface area contributed by atoms with E-state index in [9.17, 15) is 5.26 Å². The van der Waals surface area contributed by atoms with Gasteiger partial charge in [-0.1, -0.05) is 23.9 Å². The predicted octanol–water partition coefficient (Wildman–Crippen LogP) is 4.20. The molecule has 3 rings (SSSR count). The lowest BCUT2D eigenvalue weighted by Gasteiger charge is -2.01. The highest BCUT2D eigenvalue weighted by Crippen LogP contribution is 2.30. The Morgan fingerprint density at radius 1 is 1.10 bits per heavy atom. The molecule has 1 heterocycles. The first-order valence-electron chi connectivity index (χ1n) is 6.31. The Bertz CT molecular complexity index is 827. The Morgan fingerprint density at radius 3 is 2.65 bits per heavy atom. The number of nitrogens with one attached hydrogen (secondary N) is 1. The summed E-state index contributed by atoms with van der Waals surface area (Å²) in [6.07, 6.45) is 0. The number of hydrogen-bond acceptors (Lipinski definition) is 3. The maximum Gasteiger partial charge on any atom is 0.171 e. The van der Waals surface area contributed by atoms with Crippen LogP contribution in [0, 0.1) is 25.2 Å². The number of hydrogen-bond donors (Lipinski definition) is 1. The van der Waals surface area contributed by atoms with E-state index in [0.717, 1.165) is 26.6 Å². The van der Waals surface area contributed by atoms with Gasteiger partial charge in [-0.3, -0.25) is 0 Å². The highest BCUT2D eigenvalue weighted by Gasteiger charge is 2.08. The third-order valence-corrected chi connectivity index (χ3v) is 4.04. The summed E-state index contributed by atoms with van der Waals surface area (Å²) in [6.45, 7) is 4.04. The maximum absolute atomic E-state index is 9.20. The highest BCUT2D eigenvalue weighted by atomic mass is 32.2. The molecular weight excluding hydrogens is 266 g/mol. The maximum atomic E-state index is 9.20. The molecule has 0 saturated carbocycles. The van der Waals surface area contributed by atoms with Gasteiger partial charge >= 0.3 is 0 Å². The van der Waals surface area contributed by atoms with Crippen molar-refractivity contribution in [2.75, 3.05) is 0 Å². The third kappa shape index (κ3) is 2.40. The molecule has 0 fully saturated rings. The van der Waals surface area contributed by atoms with Gasteiger partial charge in [0.05, 0.1) is 16.6 Å². The predicted molar refractivity (Wildman–Crippen MR) is 80.8 cm³/mol. The van der Waals surface area contributed by atoms with Crippen LogP contribution in [0.15, 0.2) is 46.5 Å². The van der Waals surface area contributed by atoms with Crippen LogP contribution in [0.3, 0.4) is 0 Å². The molecular formula is C16H13N3S. The van der Waals surface area contributed by atoms with E-state index in [4.69, 9.17) is 0 Å². The molecule has 98 valence electrons. The molecule has 0 atom stereocenters. The highest BCUT2D eigenvalue weighted by molar-refractivity contribution is 7.99. The molecule has 20 heavy (non-hydrogen) atoms. The van der Waals surface area contributed by atoms with Crippen molar-refractivity contribution in [2.45, 2.75) is 23.9 Å². The van der Waals surface area contributed by atoms with Gasteiger partial charge in [0.15, 0.2) is 5.16 Å². The zero-order valence-corrected chi connectivity index (χ0v) is 12.1. The second kappa shape index (κ2) is 5.03. The van der Waals surface area contributed by atoms with Crippen LogP contribution in [0.1, 0.15) is 16.7 Å². The largest absolute Gasteiger partial charge is 0.333 e. The molecule has 0 saturated heterocycles. The fourth-order valence-electron chi connectivity index (χ4n) is 2.07. The molecule has 0 aliphatic heterocycles. The first-order valence-corrected chi connectivity index (χ1v) is 7.12. The summed E-state index contributed by atoms with van der Waals surface area (Å²) in [4.78, 5) is 8.76. The minimum Gasteiger partial charge on any atom is -0.333 e. The van der Waals surface area contributed by atoms with Gasteiger partial charge in [0.25, 0.3) is 0 Å². The Labute approximate surface area is 121 Å². The zero-order chi connectivity index (χ0) is 14.1. The van der Waals surface area contributed by atoms with Crippen molar-refractivity contribution in [1.29, 1.82) is 5.26 Å². The number of fused-ring (bicyclic) bond motifs is 1. The molecule has 0 aliphatic rings. The Morgan fingerprint density at radius 2 is 1.85 bits per heavy atom. The molecule has 0 amide bonds. The van der Waals surface area contributed by atoms with Crippen molar-refractivity contribution in [3.8, 4) is 6.07 Å². The number of nitriles is 1. The number of aryl methyl sites for hydroxylation is 2. The lowest BCUT2D eigenvalue weighted by molar-refractivity contribution is 1.08. The van der Waals surface area contributed by atoms with Gasteiger partial charge in [0.1, 0.15) is 6.07 Å². The normalized spacial score (nSPS) is 10.7. The third-order valence-electron chi connectivity index (χ3n) is 3.08. The number of H-pyrrole nitrogens is 1. The summed E-state index contributed by atoms with van der Waals surface area (Å²) < 4.78 is 0. The molecule has 0 bridgehead atoms. The summed E-state index contributed by atoms with van der Waals surface area (Å²) in [5, 5.41) is 10.0. The first-order chi connectivity index (χ1) is 9.65. The molecule has 3 aromatic rings. The molecule has 3 nitrogen and oxygen atoms in total. The van der Waals surface area contributed by atoms with Gasteiger partial charge in [-0.15, -0.1) is 0 Å². The van der Waals surface area contributed by atoms with E-state index in [1.54, 1.807) is 0 Å². The van der Waals surface area contributed by atoms with E-state index in [1.807, 2.05) is 37.3 Å². The van der Waals surface area contributed by atoms with Crippen LogP contribution in [0.25, 0.3) is 11.0 Å². The molecule has 0 aliphatic carbocycles. The molecule has 1 aromatic heterocycles. The van der Waals surface area contributed by atoms with Crippen LogP contribution in [0.5, 0.6) is 0 Å². The van der Waals surface area contributed by atoms with Crippen molar-refractivity contribution in [2.24, 2.45) is 0 Å². The lowest BCUT2D eigenvalue weighted by atomic mass is 10.2. The topological polar surface area (TPSA) is 52.5 Å². The molecule has 0 spiro atoms. The van der Waals surface area contributed by atoms with Gasteiger partial charge < -0.3 is 4.98 Å². The average Bonchev–Trinajstić information content (AvgIpc) is 2.82. The van der Waals surface area contributed by atoms with Crippen molar-refractivity contribution in [3.63, 3.8) is 0 Å². The fraction of sp³-hybridized carbons (Fsp3) is 0.125. The van der Waals surface area contributed by atoms with Crippen LogP contribution < -0.4 is 0 Å². The van der Waals surface area contributed by atoms with Gasteiger partial charge in [0.2, 0.25) is 0 Å². The molecule has 2 aromatic carbocycles. The van der Waals surface area contributed by atoms with E-state index in [1.165, 1.54) is 17.3 Å². The van der Waals surface area contributed by atoms with E-state index in [2.05, 4.69) is 29.0 Å². The van der Waals surface area contributed by atoms with Crippen molar-refractivity contribution < 1.29 is 0 Å². The van der Waals surface area contributed by atoms with Gasteiger partial charge in [0, 0.05) is 4.90 Å². The molecule has 0 radical (unpaired) electrons. The van der Waals surface area contributed by atoms with E-state index in [-0.39, 0.29) is 0 Å². The van der Waals surface area contributed by atoms with E-state index >= 15 is 0 Å². The molecule has 4 heteroatoms. The van der Waals surface area contributed by atoms with Gasteiger partial charge in [-0.2, -0.15) is 5.26 Å². The first kappa shape index (κ1) is 12.8. The number of aromatic nitrogens is 2. The summed E-state index contributed by atoms with van der Waals surface area (Å²) in [5.74, 6) is 0. The van der Waals surface area contributed by atoms with Gasteiger partial charge in [-0.25, -0.2) is 4.98 Å². The van der Waals surface area contributed by atoms with Gasteiger partial charge in [-0.05, 0) is 49.2 Å². The standard InChI is InChI=1S/C16H13N3S/c1-10-4-6-15(12(7-10)9-17)20-16-18-13-5-3-11(2)8-14(13)19-16/h3-8H,1-2H3,(H,18,19). The minimum absolute atomic E-state index is 0.687. The lowest BCUT2D eigenvalue weighted by Crippen LogP contribution is -1.84. The van der Waals surface area contributed by atoms with Crippen molar-refractivity contribution >= 4 is 22.8 Å².